The number of ether oxygens (including phenoxy) is 2. The summed E-state index contributed by atoms with van der Waals surface area (Å²) in [6.45, 7) is 0. The summed E-state index contributed by atoms with van der Waals surface area (Å²) in [5, 5.41) is 0. The van der Waals surface area contributed by atoms with E-state index in [4.69, 9.17) is 9.47 Å². The van der Waals surface area contributed by atoms with E-state index >= 15 is 0 Å². The fraction of sp³-hybridized carbons (Fsp3) is 0.250. The predicted molar refractivity (Wildman–Crippen MR) is 37.2 cm³/mol. The van der Waals surface area contributed by atoms with E-state index in [1.807, 2.05) is 0 Å². The van der Waals surface area contributed by atoms with Gasteiger partial charge in [-0.2, -0.15) is 0 Å². The third-order valence-electron chi connectivity index (χ3n) is 1.13. The molecular weight excluding hydrogens is 128 g/mol. The second-order valence-electron chi connectivity index (χ2n) is 1.71. The van der Waals surface area contributed by atoms with Gasteiger partial charge in [-0.25, -0.2) is 0 Å². The van der Waals surface area contributed by atoms with Crippen LogP contribution in [0.2, 0.25) is 0 Å². The number of benzene rings is 1. The van der Waals surface area contributed by atoms with Crippen molar-refractivity contribution in [2.24, 2.45) is 0 Å². The first-order valence-corrected chi connectivity index (χ1v) is 2.88. The zero-order valence-corrected chi connectivity index (χ0v) is 5.97. The molecule has 0 aliphatic carbocycles. The molecule has 0 saturated heterocycles. The standard InChI is InChI=1S/C8H8O2/c1-9-7-4-3-5-8(6-7)10-2/h3,6H,1-2H3. The number of rotatable bonds is 2. The molecule has 0 fully saturated rings. The van der Waals surface area contributed by atoms with E-state index in [1.165, 1.54) is 0 Å². The van der Waals surface area contributed by atoms with E-state index in [9.17, 15) is 0 Å². The summed E-state index contributed by atoms with van der Waals surface area (Å²) in [6.07, 6.45) is 0. The fourth-order valence-electron chi connectivity index (χ4n) is 0.616. The van der Waals surface area contributed by atoms with E-state index in [1.54, 1.807) is 26.4 Å². The Morgan fingerprint density at radius 3 is 2.00 bits per heavy atom. The highest BCUT2D eigenvalue weighted by atomic mass is 16.5. The molecule has 2 radical (unpaired) electrons. The van der Waals surface area contributed by atoms with Gasteiger partial charge in [0.05, 0.1) is 14.2 Å². The van der Waals surface area contributed by atoms with Crippen molar-refractivity contribution in [1.29, 1.82) is 0 Å². The molecule has 0 bridgehead atoms. The molecule has 0 amide bonds. The molecule has 0 atom stereocenters. The molecule has 2 nitrogen and oxygen atoms in total. The van der Waals surface area contributed by atoms with Crippen LogP contribution in [0.15, 0.2) is 12.1 Å². The predicted octanol–water partition coefficient (Wildman–Crippen LogP) is 1.30. The Labute approximate surface area is 60.4 Å². The highest BCUT2D eigenvalue weighted by Crippen LogP contribution is 2.16. The summed E-state index contributed by atoms with van der Waals surface area (Å²) in [6, 6.07) is 9.03. The molecule has 0 aliphatic heterocycles. The van der Waals surface area contributed by atoms with Crippen molar-refractivity contribution >= 4 is 0 Å². The van der Waals surface area contributed by atoms with E-state index in [2.05, 4.69) is 12.1 Å². The summed E-state index contributed by atoms with van der Waals surface area (Å²) in [7, 11) is 3.18. The molecule has 0 saturated carbocycles. The van der Waals surface area contributed by atoms with E-state index in [0.29, 0.717) is 11.5 Å². The van der Waals surface area contributed by atoms with Crippen LogP contribution in [-0.2, 0) is 0 Å². The smallest absolute Gasteiger partial charge is 0.130 e. The van der Waals surface area contributed by atoms with E-state index in [-0.39, 0.29) is 0 Å². The van der Waals surface area contributed by atoms with Gasteiger partial charge in [0, 0.05) is 18.2 Å². The number of hydrogen-bond acceptors (Lipinski definition) is 2. The molecule has 1 aromatic carbocycles. The van der Waals surface area contributed by atoms with Crippen molar-refractivity contribution in [3.05, 3.63) is 24.3 Å². The van der Waals surface area contributed by atoms with Crippen molar-refractivity contribution in [3.8, 4) is 11.5 Å². The van der Waals surface area contributed by atoms with Gasteiger partial charge < -0.3 is 9.47 Å². The summed E-state index contributed by atoms with van der Waals surface area (Å²) < 4.78 is 9.80. The minimum absolute atomic E-state index is 0.663. The average Bonchev–Trinajstić information content (AvgIpc) is 2.05. The van der Waals surface area contributed by atoms with Gasteiger partial charge in [0.15, 0.2) is 0 Å². The van der Waals surface area contributed by atoms with Crippen LogP contribution >= 0.6 is 0 Å². The molecule has 0 unspecified atom stereocenters. The summed E-state index contributed by atoms with van der Waals surface area (Å²) in [5.41, 5.74) is 0. The molecule has 0 spiro atoms. The van der Waals surface area contributed by atoms with Crippen LogP contribution in [0.4, 0.5) is 0 Å². The summed E-state index contributed by atoms with van der Waals surface area (Å²) in [5.74, 6) is 1.33. The largest absolute Gasteiger partial charge is 0.496 e. The maximum absolute atomic E-state index is 4.90. The van der Waals surface area contributed by atoms with Crippen LogP contribution in [0.3, 0.4) is 0 Å². The normalized spacial score (nSPS) is 9.00. The maximum Gasteiger partial charge on any atom is 0.130 e. The van der Waals surface area contributed by atoms with Crippen LogP contribution < -0.4 is 9.47 Å². The molecule has 1 rings (SSSR count). The van der Waals surface area contributed by atoms with Crippen LogP contribution in [-0.4, -0.2) is 14.2 Å². The second-order valence-corrected chi connectivity index (χ2v) is 1.71. The molecule has 0 aromatic heterocycles. The number of hydrogen-bond donors (Lipinski definition) is 0. The van der Waals surface area contributed by atoms with Gasteiger partial charge >= 0.3 is 0 Å². The van der Waals surface area contributed by atoms with Gasteiger partial charge in [-0.3, -0.25) is 0 Å². The SMILES string of the molecule is COc1[c]c[c]c(OC)c1. The Hall–Kier alpha value is -1.18. The molecule has 10 heavy (non-hydrogen) atoms. The maximum atomic E-state index is 4.90. The average molecular weight is 136 g/mol. The lowest BCUT2D eigenvalue weighted by atomic mass is 10.3. The first kappa shape index (κ1) is 6.93. The van der Waals surface area contributed by atoms with Gasteiger partial charge in [0.2, 0.25) is 0 Å². The quantitative estimate of drug-likeness (QED) is 0.610. The Morgan fingerprint density at radius 1 is 1.10 bits per heavy atom. The Bertz CT molecular complexity index is 189. The van der Waals surface area contributed by atoms with Crippen LogP contribution in [0.1, 0.15) is 0 Å². The zero-order chi connectivity index (χ0) is 7.40. The van der Waals surface area contributed by atoms with Gasteiger partial charge in [0.1, 0.15) is 11.5 Å². The van der Waals surface area contributed by atoms with Crippen molar-refractivity contribution in [3.63, 3.8) is 0 Å². The third kappa shape index (κ3) is 1.41. The zero-order valence-electron chi connectivity index (χ0n) is 5.97. The van der Waals surface area contributed by atoms with Gasteiger partial charge in [-0.15, -0.1) is 0 Å². The molecular formula is C8H8O2. The van der Waals surface area contributed by atoms with Crippen LogP contribution in [0, 0.1) is 12.1 Å². The first-order chi connectivity index (χ1) is 4.86. The number of methoxy groups -OCH3 is 2. The van der Waals surface area contributed by atoms with E-state index < -0.39 is 0 Å². The minimum atomic E-state index is 0.663. The van der Waals surface area contributed by atoms with E-state index in [0.717, 1.165) is 0 Å². The van der Waals surface area contributed by atoms with Gasteiger partial charge in [-0.05, 0) is 6.07 Å². The van der Waals surface area contributed by atoms with Gasteiger partial charge in [0.25, 0.3) is 0 Å². The monoisotopic (exact) mass is 136 g/mol. The molecule has 1 aromatic rings. The molecule has 0 N–H and O–H groups in total. The van der Waals surface area contributed by atoms with Crippen molar-refractivity contribution in [1.82, 2.24) is 0 Å². The molecule has 52 valence electrons. The summed E-state index contributed by atoms with van der Waals surface area (Å²) >= 11 is 0. The van der Waals surface area contributed by atoms with Crippen LogP contribution in [0.25, 0.3) is 0 Å². The lowest BCUT2D eigenvalue weighted by Crippen LogP contribution is -1.85. The first-order valence-electron chi connectivity index (χ1n) is 2.88. The highest BCUT2D eigenvalue weighted by Gasteiger charge is 1.92. The van der Waals surface area contributed by atoms with Crippen molar-refractivity contribution in [2.75, 3.05) is 14.2 Å². The second kappa shape index (κ2) is 3.11. The fourth-order valence-corrected chi connectivity index (χ4v) is 0.616. The lowest BCUT2D eigenvalue weighted by molar-refractivity contribution is 0.393. The molecule has 2 heteroatoms. The lowest BCUT2D eigenvalue weighted by Gasteiger charge is -2.00. The Morgan fingerprint density at radius 2 is 1.60 bits per heavy atom. The van der Waals surface area contributed by atoms with Crippen molar-refractivity contribution in [2.45, 2.75) is 0 Å². The van der Waals surface area contributed by atoms with Crippen molar-refractivity contribution < 1.29 is 9.47 Å². The van der Waals surface area contributed by atoms with Crippen LogP contribution in [0.5, 0.6) is 11.5 Å². The minimum Gasteiger partial charge on any atom is -0.496 e. The molecule has 0 aliphatic rings. The Balaban J connectivity index is 2.87. The topological polar surface area (TPSA) is 18.5 Å². The Kier molecular flexibility index (Phi) is 2.15. The summed E-state index contributed by atoms with van der Waals surface area (Å²) in [4.78, 5) is 0. The highest BCUT2D eigenvalue weighted by molar-refractivity contribution is 5.30. The molecule has 0 heterocycles. The third-order valence-corrected chi connectivity index (χ3v) is 1.13. The van der Waals surface area contributed by atoms with Gasteiger partial charge in [-0.1, -0.05) is 0 Å².